The van der Waals surface area contributed by atoms with E-state index in [1.54, 1.807) is 14.2 Å². The van der Waals surface area contributed by atoms with Crippen LogP contribution < -0.4 is 14.2 Å². The van der Waals surface area contributed by atoms with Crippen molar-refractivity contribution in [3.63, 3.8) is 0 Å². The van der Waals surface area contributed by atoms with Gasteiger partial charge in [0.25, 0.3) is 0 Å². The molecule has 0 amide bonds. The maximum atomic E-state index is 10.4. The quantitative estimate of drug-likeness (QED) is 0.876. The average Bonchev–Trinajstić information content (AvgIpc) is 2.68. The van der Waals surface area contributed by atoms with Crippen molar-refractivity contribution in [3.8, 4) is 23.0 Å². The van der Waals surface area contributed by atoms with Gasteiger partial charge in [-0.05, 0) is 55.7 Å². The molecule has 0 aliphatic carbocycles. The number of hydrogen-bond donors (Lipinski definition) is 1. The highest BCUT2D eigenvalue weighted by Crippen LogP contribution is 2.48. The summed E-state index contributed by atoms with van der Waals surface area (Å²) in [6.45, 7) is 5.54. The largest absolute Gasteiger partial charge is 0.504 e. The van der Waals surface area contributed by atoms with Crippen LogP contribution in [0.5, 0.6) is 23.0 Å². The fourth-order valence-electron chi connectivity index (χ4n) is 4.23. The fourth-order valence-corrected chi connectivity index (χ4v) is 4.23. The van der Waals surface area contributed by atoms with Crippen LogP contribution in [-0.4, -0.2) is 37.4 Å². The van der Waals surface area contributed by atoms with Gasteiger partial charge in [-0.1, -0.05) is 6.07 Å². The molecule has 1 N–H and O–H groups in total. The molecule has 2 heterocycles. The standard InChI is InChI=1S/C22H25NO4/c1-5-27-20-11-14-8-9-23-13(2)21-15(6-7-19(25-3)22(21)26-4)10-17(23)16(14)12-18(20)24/h6-7,10-13,24H,5,8-9H2,1-4H3. The van der Waals surface area contributed by atoms with Crippen LogP contribution in [-0.2, 0) is 6.42 Å². The second-order valence-electron chi connectivity index (χ2n) is 6.86. The third kappa shape index (κ3) is 2.69. The van der Waals surface area contributed by atoms with Gasteiger partial charge in [0.2, 0.25) is 0 Å². The number of nitrogens with zero attached hydrogens (tertiary/aromatic N) is 1. The number of methoxy groups -OCH3 is 2. The van der Waals surface area contributed by atoms with Gasteiger partial charge in [0.15, 0.2) is 23.0 Å². The Labute approximate surface area is 159 Å². The van der Waals surface area contributed by atoms with Crippen LogP contribution in [0.3, 0.4) is 0 Å². The summed E-state index contributed by atoms with van der Waals surface area (Å²) in [6.07, 6.45) is 3.08. The first-order valence-corrected chi connectivity index (χ1v) is 9.31. The van der Waals surface area contributed by atoms with E-state index in [2.05, 4.69) is 24.0 Å². The van der Waals surface area contributed by atoms with Gasteiger partial charge in [0.05, 0.1) is 26.9 Å². The summed E-state index contributed by atoms with van der Waals surface area (Å²) in [7, 11) is 3.35. The van der Waals surface area contributed by atoms with E-state index < -0.39 is 0 Å². The van der Waals surface area contributed by atoms with Crippen LogP contribution >= 0.6 is 0 Å². The molecule has 2 aromatic rings. The molecular formula is C22H25NO4. The smallest absolute Gasteiger partial charge is 0.166 e. The maximum Gasteiger partial charge on any atom is 0.166 e. The van der Waals surface area contributed by atoms with Crippen molar-refractivity contribution in [2.75, 3.05) is 27.4 Å². The molecule has 0 saturated carbocycles. The normalized spacial score (nSPS) is 17.4. The van der Waals surface area contributed by atoms with E-state index in [-0.39, 0.29) is 11.8 Å². The molecule has 142 valence electrons. The number of fused-ring (bicyclic) bond motifs is 4. The third-order valence-corrected chi connectivity index (χ3v) is 5.49. The van der Waals surface area contributed by atoms with Crippen molar-refractivity contribution >= 4 is 11.8 Å². The molecule has 5 heteroatoms. The predicted octanol–water partition coefficient (Wildman–Crippen LogP) is 4.24. The zero-order valence-corrected chi connectivity index (χ0v) is 16.2. The van der Waals surface area contributed by atoms with Gasteiger partial charge < -0.3 is 24.2 Å². The lowest BCUT2D eigenvalue weighted by molar-refractivity contribution is 0.290. The van der Waals surface area contributed by atoms with Crippen molar-refractivity contribution in [3.05, 3.63) is 46.5 Å². The van der Waals surface area contributed by atoms with Gasteiger partial charge in [0.1, 0.15) is 0 Å². The maximum absolute atomic E-state index is 10.4. The van der Waals surface area contributed by atoms with Gasteiger partial charge in [-0.15, -0.1) is 0 Å². The Morgan fingerprint density at radius 2 is 1.96 bits per heavy atom. The number of benzene rings is 2. The van der Waals surface area contributed by atoms with Crippen LogP contribution in [0.1, 0.15) is 42.1 Å². The number of hydrogen-bond acceptors (Lipinski definition) is 5. The summed E-state index contributed by atoms with van der Waals surface area (Å²) in [6, 6.07) is 7.96. The van der Waals surface area contributed by atoms with Gasteiger partial charge in [0, 0.05) is 23.4 Å². The summed E-state index contributed by atoms with van der Waals surface area (Å²) in [5.74, 6) is 2.28. The molecule has 0 spiro atoms. The van der Waals surface area contributed by atoms with Crippen molar-refractivity contribution in [1.29, 1.82) is 0 Å². The Hall–Kier alpha value is -2.82. The average molecular weight is 367 g/mol. The monoisotopic (exact) mass is 367 g/mol. The van der Waals surface area contributed by atoms with Crippen LogP contribution in [0.25, 0.3) is 11.8 Å². The van der Waals surface area contributed by atoms with E-state index in [4.69, 9.17) is 14.2 Å². The van der Waals surface area contributed by atoms with E-state index in [9.17, 15) is 5.11 Å². The summed E-state index contributed by atoms with van der Waals surface area (Å²) in [4.78, 5) is 2.37. The van der Waals surface area contributed by atoms with E-state index in [0.29, 0.717) is 12.4 Å². The Bertz CT molecular complexity index is 919. The highest BCUT2D eigenvalue weighted by molar-refractivity contribution is 5.87. The second-order valence-corrected chi connectivity index (χ2v) is 6.86. The van der Waals surface area contributed by atoms with Crippen molar-refractivity contribution in [1.82, 2.24) is 4.90 Å². The third-order valence-electron chi connectivity index (χ3n) is 5.49. The van der Waals surface area contributed by atoms with E-state index in [1.165, 1.54) is 5.56 Å². The van der Waals surface area contributed by atoms with Crippen LogP contribution in [0.4, 0.5) is 0 Å². The van der Waals surface area contributed by atoms with E-state index in [1.807, 2.05) is 25.1 Å². The Morgan fingerprint density at radius 3 is 2.67 bits per heavy atom. The van der Waals surface area contributed by atoms with E-state index >= 15 is 0 Å². The molecule has 0 saturated heterocycles. The molecule has 1 atom stereocenters. The Morgan fingerprint density at radius 1 is 1.15 bits per heavy atom. The number of phenols is 1. The molecule has 27 heavy (non-hydrogen) atoms. The van der Waals surface area contributed by atoms with Crippen LogP contribution in [0, 0.1) is 0 Å². The van der Waals surface area contributed by atoms with Crippen LogP contribution in [0.2, 0.25) is 0 Å². The number of rotatable bonds is 4. The minimum Gasteiger partial charge on any atom is -0.504 e. The topological polar surface area (TPSA) is 51.2 Å². The number of aromatic hydroxyl groups is 1. The zero-order chi connectivity index (χ0) is 19.1. The highest BCUT2D eigenvalue weighted by Gasteiger charge is 2.33. The molecule has 2 aliphatic rings. The molecule has 0 aromatic heterocycles. The van der Waals surface area contributed by atoms with E-state index in [0.717, 1.165) is 46.9 Å². The summed E-state index contributed by atoms with van der Waals surface area (Å²) in [5, 5.41) is 10.4. The molecule has 2 aliphatic heterocycles. The first-order chi connectivity index (χ1) is 13.1. The summed E-state index contributed by atoms with van der Waals surface area (Å²) >= 11 is 0. The van der Waals surface area contributed by atoms with Gasteiger partial charge in [-0.2, -0.15) is 0 Å². The fraction of sp³-hybridized carbons (Fsp3) is 0.364. The first-order valence-electron chi connectivity index (χ1n) is 9.31. The van der Waals surface area contributed by atoms with Gasteiger partial charge >= 0.3 is 0 Å². The minimum atomic E-state index is 0.145. The van der Waals surface area contributed by atoms with Crippen molar-refractivity contribution < 1.29 is 19.3 Å². The first kappa shape index (κ1) is 17.6. The van der Waals surface area contributed by atoms with Crippen LogP contribution in [0.15, 0.2) is 24.3 Å². The highest BCUT2D eigenvalue weighted by atomic mass is 16.5. The lowest BCUT2D eigenvalue weighted by Gasteiger charge is -2.42. The molecule has 1 unspecified atom stereocenters. The SMILES string of the molecule is CCOc1cc2c(cc1O)C1=Cc3ccc(OC)c(OC)c3C(C)N1CC2. The molecular weight excluding hydrogens is 342 g/mol. The second kappa shape index (κ2) is 6.72. The van der Waals surface area contributed by atoms with Gasteiger partial charge in [-0.3, -0.25) is 0 Å². The zero-order valence-electron chi connectivity index (χ0n) is 16.2. The summed E-state index contributed by atoms with van der Waals surface area (Å²) < 4.78 is 16.7. The van der Waals surface area contributed by atoms with Gasteiger partial charge in [-0.25, -0.2) is 0 Å². The lowest BCUT2D eigenvalue weighted by atomic mass is 9.86. The van der Waals surface area contributed by atoms with Crippen molar-refractivity contribution in [2.45, 2.75) is 26.3 Å². The molecule has 0 radical (unpaired) electrons. The number of ether oxygens (including phenoxy) is 3. The Kier molecular flexibility index (Phi) is 4.38. The Balaban J connectivity index is 1.87. The molecule has 4 rings (SSSR count). The molecule has 0 bridgehead atoms. The molecule has 0 fully saturated rings. The predicted molar refractivity (Wildman–Crippen MR) is 106 cm³/mol. The van der Waals surface area contributed by atoms with Crippen molar-refractivity contribution in [2.24, 2.45) is 0 Å². The number of phenolic OH excluding ortho intramolecular Hbond substituents is 1. The molecule has 5 nitrogen and oxygen atoms in total. The lowest BCUT2D eigenvalue weighted by Crippen LogP contribution is -2.34. The summed E-state index contributed by atoms with van der Waals surface area (Å²) in [5.41, 5.74) is 5.65. The minimum absolute atomic E-state index is 0.145. The molecule has 2 aromatic carbocycles.